The maximum atomic E-state index is 10.0. The van der Waals surface area contributed by atoms with Crippen LogP contribution in [0.4, 0.5) is 5.95 Å². The van der Waals surface area contributed by atoms with Crippen molar-refractivity contribution in [3.8, 4) is 0 Å². The van der Waals surface area contributed by atoms with Crippen LogP contribution in [-0.4, -0.2) is 69.3 Å². The Morgan fingerprint density at radius 2 is 1.83 bits per heavy atom. The quantitative estimate of drug-likeness (QED) is 0.353. The highest BCUT2D eigenvalue weighted by molar-refractivity contribution is 5.98. The van der Waals surface area contributed by atoms with Crippen LogP contribution in [0.2, 0.25) is 0 Å². The van der Waals surface area contributed by atoms with Gasteiger partial charge in [0.1, 0.15) is 6.10 Å². The van der Waals surface area contributed by atoms with Gasteiger partial charge in [-0.3, -0.25) is 9.89 Å². The summed E-state index contributed by atoms with van der Waals surface area (Å²) >= 11 is 0. The van der Waals surface area contributed by atoms with Crippen LogP contribution < -0.4 is 5.32 Å². The molecular weight excluding hydrogens is 450 g/mol. The monoisotopic (exact) mass is 499 g/mol. The van der Waals surface area contributed by atoms with Gasteiger partial charge in [0.15, 0.2) is 0 Å². The molecule has 1 aromatic rings. The maximum absolute atomic E-state index is 10.0. The Labute approximate surface area is 218 Å². The van der Waals surface area contributed by atoms with E-state index < -0.39 is 0 Å². The molecule has 0 radical (unpaired) electrons. The van der Waals surface area contributed by atoms with Crippen molar-refractivity contribution in [1.29, 1.82) is 0 Å². The minimum Gasteiger partial charge on any atom is -0.474 e. The van der Waals surface area contributed by atoms with Crippen molar-refractivity contribution in [3.63, 3.8) is 0 Å². The minimum absolute atomic E-state index is 0.0142. The molecule has 2 heterocycles. The fourth-order valence-electron chi connectivity index (χ4n) is 5.95. The van der Waals surface area contributed by atoms with Gasteiger partial charge >= 0.3 is 0 Å². The van der Waals surface area contributed by atoms with Crippen molar-refractivity contribution in [3.05, 3.63) is 24.0 Å². The summed E-state index contributed by atoms with van der Waals surface area (Å²) in [5, 5.41) is 13.5. The number of ether oxygens (including phenoxy) is 1. The molecule has 36 heavy (non-hydrogen) atoms. The first-order chi connectivity index (χ1) is 16.9. The van der Waals surface area contributed by atoms with Crippen LogP contribution >= 0.6 is 0 Å². The van der Waals surface area contributed by atoms with Crippen molar-refractivity contribution in [2.75, 3.05) is 19.4 Å². The van der Waals surface area contributed by atoms with E-state index in [4.69, 9.17) is 9.72 Å². The molecule has 1 aliphatic heterocycles. The molecule has 2 aliphatic rings. The molecule has 7 heteroatoms. The lowest BCUT2D eigenvalue weighted by molar-refractivity contribution is -0.0592. The van der Waals surface area contributed by atoms with Crippen molar-refractivity contribution >= 4 is 17.4 Å². The Bertz CT molecular complexity index is 916. The Balaban J connectivity index is 1.92. The zero-order chi connectivity index (χ0) is 26.7. The number of piperidine rings is 1. The largest absolute Gasteiger partial charge is 0.474 e. The number of hydrogen-bond acceptors (Lipinski definition) is 7. The molecule has 1 saturated carbocycles. The molecule has 7 nitrogen and oxygen atoms in total. The van der Waals surface area contributed by atoms with E-state index in [1.807, 2.05) is 6.20 Å². The van der Waals surface area contributed by atoms with Gasteiger partial charge in [-0.2, -0.15) is 0 Å². The third kappa shape index (κ3) is 6.65. The van der Waals surface area contributed by atoms with E-state index in [1.165, 1.54) is 0 Å². The zero-order valence-corrected chi connectivity index (χ0v) is 23.9. The molecule has 2 N–H and O–H groups in total. The van der Waals surface area contributed by atoms with E-state index in [0.717, 1.165) is 68.2 Å². The predicted octanol–water partition coefficient (Wildman–Crippen LogP) is 5.69. The van der Waals surface area contributed by atoms with Crippen LogP contribution in [0.1, 0.15) is 104 Å². The zero-order valence-electron chi connectivity index (χ0n) is 23.9. The predicted molar refractivity (Wildman–Crippen MR) is 150 cm³/mol. The second kappa shape index (κ2) is 11.6. The molecule has 1 aliphatic carbocycles. The number of rotatable bonds is 8. The molecule has 1 saturated heterocycles. The normalized spacial score (nSPS) is 25.9. The van der Waals surface area contributed by atoms with E-state index in [0.29, 0.717) is 11.8 Å². The van der Waals surface area contributed by atoms with Crippen molar-refractivity contribution in [2.24, 2.45) is 10.9 Å². The third-order valence-electron chi connectivity index (χ3n) is 8.36. The molecule has 1 aromatic heterocycles. The second-order valence-corrected chi connectivity index (χ2v) is 12.2. The highest BCUT2D eigenvalue weighted by Gasteiger charge is 2.44. The molecule has 0 aromatic carbocycles. The summed E-state index contributed by atoms with van der Waals surface area (Å²) in [6.45, 7) is 17.9. The van der Waals surface area contributed by atoms with E-state index >= 15 is 0 Å². The Morgan fingerprint density at radius 3 is 2.39 bits per heavy atom. The average Bonchev–Trinajstić information content (AvgIpc) is 2.81. The summed E-state index contributed by atoms with van der Waals surface area (Å²) < 4.78 is 6.64. The van der Waals surface area contributed by atoms with Crippen molar-refractivity contribution in [2.45, 2.75) is 122 Å². The molecule has 0 spiro atoms. The van der Waals surface area contributed by atoms with Gasteiger partial charge in [-0.1, -0.05) is 19.9 Å². The summed E-state index contributed by atoms with van der Waals surface area (Å²) in [6.07, 6.45) is 9.08. The number of allylic oxidation sites excluding steroid dienone is 1. The van der Waals surface area contributed by atoms with Gasteiger partial charge in [0.25, 0.3) is 0 Å². The van der Waals surface area contributed by atoms with Crippen LogP contribution in [0.15, 0.2) is 17.8 Å². The average molecular weight is 500 g/mol. The lowest BCUT2D eigenvalue weighted by Crippen LogP contribution is -2.60. The van der Waals surface area contributed by atoms with E-state index in [2.05, 4.69) is 75.4 Å². The Morgan fingerprint density at radius 1 is 1.22 bits per heavy atom. The van der Waals surface area contributed by atoms with Gasteiger partial charge in [0.05, 0.1) is 17.4 Å². The van der Waals surface area contributed by atoms with Crippen LogP contribution in [0.3, 0.4) is 0 Å². The van der Waals surface area contributed by atoms with Crippen LogP contribution in [0, 0.1) is 5.92 Å². The van der Waals surface area contributed by atoms with Gasteiger partial charge in [-0.15, -0.1) is 0 Å². The third-order valence-corrected chi connectivity index (χ3v) is 8.36. The van der Waals surface area contributed by atoms with E-state index in [9.17, 15) is 5.11 Å². The van der Waals surface area contributed by atoms with Crippen molar-refractivity contribution in [1.82, 2.24) is 14.9 Å². The summed E-state index contributed by atoms with van der Waals surface area (Å²) in [5.41, 5.74) is 2.63. The molecule has 1 unspecified atom stereocenters. The number of nitrogens with one attached hydrogen (secondary N) is 1. The molecule has 2 fully saturated rings. The second-order valence-electron chi connectivity index (χ2n) is 12.2. The van der Waals surface area contributed by atoms with Gasteiger partial charge < -0.3 is 15.2 Å². The first kappa shape index (κ1) is 28.6. The summed E-state index contributed by atoms with van der Waals surface area (Å²) in [4.78, 5) is 16.7. The Kier molecular flexibility index (Phi) is 9.20. The highest BCUT2D eigenvalue weighted by atomic mass is 16.5. The number of aromatic nitrogens is 2. The van der Waals surface area contributed by atoms with Gasteiger partial charge in [0, 0.05) is 43.2 Å². The topological polar surface area (TPSA) is 82.9 Å². The molecular formula is C29H49N5O2. The fourth-order valence-corrected chi connectivity index (χ4v) is 5.95. The fraction of sp³-hybridized carbons (Fsp3) is 0.759. The molecule has 0 bridgehead atoms. The maximum Gasteiger partial charge on any atom is 0.223 e. The smallest absolute Gasteiger partial charge is 0.223 e. The SMILES string of the molecule is C=C(c1nc(NC(C)CCC)ncc1C(=NC)OC1CC(C)(C)N(C)C(C)(C)C1)C1CCC(O)CC1. The number of aliphatic hydroxyl groups excluding tert-OH is 1. The van der Waals surface area contributed by atoms with E-state index in [-0.39, 0.29) is 35.2 Å². The standard InChI is InChI=1S/C29H49N5O2/c1-10-11-19(2)32-27-31-18-24(25(33-27)20(3)21-12-14-22(35)15-13-21)26(30-8)36-23-16-28(4,5)34(9)29(6,7)17-23/h18-19,21-23,35H,3,10-17H2,1-2,4-9H3,(H,31,32,33). The van der Waals surface area contributed by atoms with Crippen LogP contribution in [0.25, 0.3) is 5.57 Å². The number of likely N-dealkylation sites (tertiary alicyclic amines) is 1. The van der Waals surface area contributed by atoms with Gasteiger partial charge in [0.2, 0.25) is 11.8 Å². The van der Waals surface area contributed by atoms with Gasteiger partial charge in [-0.25, -0.2) is 9.97 Å². The van der Waals surface area contributed by atoms with Crippen LogP contribution in [0.5, 0.6) is 0 Å². The summed E-state index contributed by atoms with van der Waals surface area (Å²) in [5.74, 6) is 1.47. The summed E-state index contributed by atoms with van der Waals surface area (Å²) in [7, 11) is 3.98. The van der Waals surface area contributed by atoms with Crippen LogP contribution in [-0.2, 0) is 4.74 Å². The first-order valence-electron chi connectivity index (χ1n) is 13.8. The molecule has 3 rings (SSSR count). The van der Waals surface area contributed by atoms with E-state index in [1.54, 1.807) is 7.05 Å². The first-order valence-corrected chi connectivity index (χ1v) is 13.8. The molecule has 202 valence electrons. The Hall–Kier alpha value is -1.99. The number of anilines is 1. The minimum atomic E-state index is -0.210. The number of aliphatic imine (C=N–C) groups is 1. The highest BCUT2D eigenvalue weighted by Crippen LogP contribution is 2.39. The van der Waals surface area contributed by atoms with Gasteiger partial charge in [-0.05, 0) is 85.3 Å². The molecule has 1 atom stereocenters. The number of aliphatic hydroxyl groups is 1. The number of hydrogen-bond donors (Lipinski definition) is 2. The van der Waals surface area contributed by atoms with Crippen molar-refractivity contribution < 1.29 is 9.84 Å². The number of nitrogens with zero attached hydrogens (tertiary/aromatic N) is 4. The summed E-state index contributed by atoms with van der Waals surface area (Å²) in [6, 6.07) is 0.283. The lowest BCUT2D eigenvalue weighted by atomic mass is 9.78. The molecule has 0 amide bonds. The lowest BCUT2D eigenvalue weighted by Gasteiger charge is -2.53.